The van der Waals surface area contributed by atoms with Gasteiger partial charge in [-0.1, -0.05) is 0 Å². The number of likely N-dealkylation sites (tertiary alicyclic amines) is 1. The second-order valence-corrected chi connectivity index (χ2v) is 7.86. The monoisotopic (exact) mass is 344 g/mol. The van der Waals surface area contributed by atoms with Crippen molar-refractivity contribution >= 4 is 6.03 Å². The predicted molar refractivity (Wildman–Crippen MR) is 94.4 cm³/mol. The lowest BCUT2D eigenvalue weighted by Crippen LogP contribution is -2.46. The van der Waals surface area contributed by atoms with Gasteiger partial charge in [-0.05, 0) is 56.4 Å². The third-order valence-electron chi connectivity index (χ3n) is 5.81. The van der Waals surface area contributed by atoms with Gasteiger partial charge in [0.25, 0.3) is 0 Å². The van der Waals surface area contributed by atoms with Gasteiger partial charge in [-0.2, -0.15) is 0 Å². The van der Waals surface area contributed by atoms with E-state index in [9.17, 15) is 4.79 Å². The lowest BCUT2D eigenvalue weighted by atomic mass is 9.66. The summed E-state index contributed by atoms with van der Waals surface area (Å²) in [6.45, 7) is 5.21. The van der Waals surface area contributed by atoms with Gasteiger partial charge in [-0.25, -0.2) is 14.8 Å². The van der Waals surface area contributed by atoms with Gasteiger partial charge in [0.1, 0.15) is 5.82 Å². The Morgan fingerprint density at radius 2 is 2.12 bits per heavy atom. The second kappa shape index (κ2) is 6.90. The molecule has 0 unspecified atom stereocenters. The average molecular weight is 344 g/mol. The van der Waals surface area contributed by atoms with Crippen LogP contribution in [0, 0.1) is 5.41 Å². The molecule has 6 nitrogen and oxygen atoms in total. The maximum atomic E-state index is 12.4. The molecular formula is C19H28N4O2. The number of hydrogen-bond donors (Lipinski definition) is 1. The number of amides is 2. The number of carbonyl (C=O) groups excluding carboxylic acids is 1. The van der Waals surface area contributed by atoms with E-state index in [1.165, 1.54) is 12.8 Å². The van der Waals surface area contributed by atoms with E-state index in [-0.39, 0.29) is 6.03 Å². The Morgan fingerprint density at radius 1 is 1.36 bits per heavy atom. The van der Waals surface area contributed by atoms with Gasteiger partial charge in [0, 0.05) is 44.6 Å². The van der Waals surface area contributed by atoms with Crippen LogP contribution in [0.1, 0.15) is 56.3 Å². The highest BCUT2D eigenvalue weighted by atomic mass is 16.5. The summed E-state index contributed by atoms with van der Waals surface area (Å²) in [6, 6.07) is 0.0623. The summed E-state index contributed by atoms with van der Waals surface area (Å²) in [4.78, 5) is 23.2. The number of rotatable bonds is 6. The van der Waals surface area contributed by atoms with Crippen molar-refractivity contribution < 1.29 is 9.53 Å². The molecule has 2 saturated carbocycles. The van der Waals surface area contributed by atoms with E-state index >= 15 is 0 Å². The van der Waals surface area contributed by atoms with Crippen LogP contribution in [0.25, 0.3) is 0 Å². The molecule has 0 radical (unpaired) electrons. The highest BCUT2D eigenvalue weighted by Gasteiger charge is 2.49. The molecule has 1 aromatic heterocycles. The number of hydrogen-bond acceptors (Lipinski definition) is 4. The van der Waals surface area contributed by atoms with E-state index < -0.39 is 0 Å². The minimum absolute atomic E-state index is 0.0623. The molecule has 1 spiro atoms. The van der Waals surface area contributed by atoms with Crippen LogP contribution in [0.2, 0.25) is 0 Å². The number of nitrogens with zero attached hydrogens (tertiary/aromatic N) is 3. The first-order chi connectivity index (χ1) is 12.2. The van der Waals surface area contributed by atoms with Crippen molar-refractivity contribution in [2.45, 2.75) is 57.5 Å². The molecule has 0 aromatic carbocycles. The Balaban J connectivity index is 1.18. The third kappa shape index (κ3) is 3.78. The highest BCUT2D eigenvalue weighted by Crippen LogP contribution is 2.49. The quantitative estimate of drug-likeness (QED) is 0.861. The van der Waals surface area contributed by atoms with E-state index in [1.54, 1.807) is 0 Å². The van der Waals surface area contributed by atoms with Crippen LogP contribution in [0.3, 0.4) is 0 Å². The molecular weight excluding hydrogens is 316 g/mol. The lowest BCUT2D eigenvalue weighted by molar-refractivity contribution is -0.0704. The fourth-order valence-electron chi connectivity index (χ4n) is 4.17. The molecule has 1 aromatic rings. The first-order valence-electron chi connectivity index (χ1n) is 9.63. The Bertz CT molecular complexity index is 608. The van der Waals surface area contributed by atoms with Crippen LogP contribution in [0.5, 0.6) is 0 Å². The molecule has 1 aliphatic heterocycles. The molecule has 0 atom stereocenters. The highest BCUT2D eigenvalue weighted by molar-refractivity contribution is 5.74. The standard InChI is InChI=1S/C19H28N4O2/c1-2-25-16-9-19(10-16)6-8-23(13-19)18(24)20-7-5-14-11-21-17(22-12-14)15-3-4-15/h11-12,15-16H,2-10,13H2,1H3,(H,20,24). The molecule has 25 heavy (non-hydrogen) atoms. The Kier molecular flexibility index (Phi) is 4.63. The Labute approximate surface area is 149 Å². The average Bonchev–Trinajstić information content (AvgIpc) is 3.34. The first kappa shape index (κ1) is 16.8. The number of aromatic nitrogens is 2. The molecule has 4 rings (SSSR count). The Morgan fingerprint density at radius 3 is 2.80 bits per heavy atom. The predicted octanol–water partition coefficient (Wildman–Crippen LogP) is 2.50. The minimum atomic E-state index is 0.0623. The summed E-state index contributed by atoms with van der Waals surface area (Å²) in [6.07, 6.45) is 10.8. The van der Waals surface area contributed by atoms with Gasteiger partial charge in [0.15, 0.2) is 0 Å². The fourth-order valence-corrected chi connectivity index (χ4v) is 4.17. The normalized spacial score (nSPS) is 28.2. The van der Waals surface area contributed by atoms with Gasteiger partial charge in [-0.3, -0.25) is 0 Å². The molecule has 1 N–H and O–H groups in total. The summed E-state index contributed by atoms with van der Waals surface area (Å²) >= 11 is 0. The van der Waals surface area contributed by atoms with Crippen LogP contribution in [-0.2, 0) is 11.2 Å². The molecule has 1 saturated heterocycles. The number of nitrogens with one attached hydrogen (secondary N) is 1. The largest absolute Gasteiger partial charge is 0.378 e. The minimum Gasteiger partial charge on any atom is -0.378 e. The van der Waals surface area contributed by atoms with Gasteiger partial charge in [0.05, 0.1) is 6.10 Å². The number of carbonyl (C=O) groups is 1. The molecule has 6 heteroatoms. The Hall–Kier alpha value is -1.69. The van der Waals surface area contributed by atoms with Gasteiger partial charge >= 0.3 is 6.03 Å². The van der Waals surface area contributed by atoms with E-state index in [0.29, 0.717) is 24.0 Å². The number of ether oxygens (including phenoxy) is 1. The fraction of sp³-hybridized carbons (Fsp3) is 0.737. The molecule has 136 valence electrons. The summed E-state index contributed by atoms with van der Waals surface area (Å²) < 4.78 is 5.67. The van der Waals surface area contributed by atoms with E-state index in [4.69, 9.17) is 4.74 Å². The van der Waals surface area contributed by atoms with Crippen molar-refractivity contribution in [1.29, 1.82) is 0 Å². The SMILES string of the molecule is CCOC1CC2(CCN(C(=O)NCCc3cnc(C4CC4)nc3)C2)C1. The summed E-state index contributed by atoms with van der Waals surface area (Å²) in [5.41, 5.74) is 1.41. The van der Waals surface area contributed by atoms with Crippen molar-refractivity contribution in [3.63, 3.8) is 0 Å². The zero-order valence-electron chi connectivity index (χ0n) is 15.0. The third-order valence-corrected chi connectivity index (χ3v) is 5.81. The molecule has 3 fully saturated rings. The topological polar surface area (TPSA) is 67.3 Å². The first-order valence-corrected chi connectivity index (χ1v) is 9.63. The van der Waals surface area contributed by atoms with Crippen molar-refractivity contribution in [2.75, 3.05) is 26.2 Å². The van der Waals surface area contributed by atoms with Crippen molar-refractivity contribution in [2.24, 2.45) is 5.41 Å². The zero-order chi connectivity index (χ0) is 17.3. The van der Waals surface area contributed by atoms with E-state index in [2.05, 4.69) is 15.3 Å². The van der Waals surface area contributed by atoms with Crippen LogP contribution < -0.4 is 5.32 Å². The summed E-state index contributed by atoms with van der Waals surface area (Å²) in [7, 11) is 0. The zero-order valence-corrected chi connectivity index (χ0v) is 15.0. The summed E-state index contributed by atoms with van der Waals surface area (Å²) in [5, 5.41) is 3.05. The molecule has 3 aliphatic rings. The van der Waals surface area contributed by atoms with Crippen LogP contribution in [-0.4, -0.2) is 53.2 Å². The van der Waals surface area contributed by atoms with E-state index in [1.807, 2.05) is 24.2 Å². The van der Waals surface area contributed by atoms with Crippen LogP contribution >= 0.6 is 0 Å². The second-order valence-electron chi connectivity index (χ2n) is 7.86. The van der Waals surface area contributed by atoms with Crippen molar-refractivity contribution in [3.05, 3.63) is 23.8 Å². The van der Waals surface area contributed by atoms with Crippen LogP contribution in [0.15, 0.2) is 12.4 Å². The molecule has 2 heterocycles. The molecule has 2 aliphatic carbocycles. The smallest absolute Gasteiger partial charge is 0.317 e. The number of urea groups is 1. The van der Waals surface area contributed by atoms with Crippen LogP contribution in [0.4, 0.5) is 4.79 Å². The van der Waals surface area contributed by atoms with Crippen molar-refractivity contribution in [3.8, 4) is 0 Å². The maximum Gasteiger partial charge on any atom is 0.317 e. The van der Waals surface area contributed by atoms with Gasteiger partial charge in [-0.15, -0.1) is 0 Å². The maximum absolute atomic E-state index is 12.4. The van der Waals surface area contributed by atoms with Gasteiger partial charge < -0.3 is 15.0 Å². The van der Waals surface area contributed by atoms with Crippen molar-refractivity contribution in [1.82, 2.24) is 20.2 Å². The van der Waals surface area contributed by atoms with Gasteiger partial charge in [0.2, 0.25) is 0 Å². The summed E-state index contributed by atoms with van der Waals surface area (Å²) in [5.74, 6) is 1.56. The lowest BCUT2D eigenvalue weighted by Gasteiger charge is -2.44. The molecule has 0 bridgehead atoms. The molecule has 2 amide bonds. The van der Waals surface area contributed by atoms with E-state index in [0.717, 1.165) is 56.8 Å².